The van der Waals surface area contributed by atoms with E-state index in [9.17, 15) is 4.79 Å². The lowest BCUT2D eigenvalue weighted by atomic mass is 10.1. The third kappa shape index (κ3) is 4.05. The van der Waals surface area contributed by atoms with Crippen molar-refractivity contribution >= 4 is 0 Å². The van der Waals surface area contributed by atoms with Crippen LogP contribution in [0.2, 0.25) is 0 Å². The lowest BCUT2D eigenvalue weighted by molar-refractivity contribution is 0.293. The minimum atomic E-state index is -0.321. The van der Waals surface area contributed by atoms with Gasteiger partial charge < -0.3 is 9.47 Å². The smallest absolute Gasteiger partial charge is 0.368 e. The number of nitrogens with zero attached hydrogens (tertiary/aromatic N) is 5. The topological polar surface area (TPSA) is 84.1 Å². The minimum Gasteiger partial charge on any atom is -0.496 e. The number of rotatable bonds is 6. The molecule has 0 atom stereocenters. The summed E-state index contributed by atoms with van der Waals surface area (Å²) in [7, 11) is 3.21. The molecule has 0 spiro atoms. The molecule has 0 aliphatic rings. The molecule has 158 valence electrons. The van der Waals surface area contributed by atoms with Gasteiger partial charge in [-0.3, -0.25) is 0 Å². The normalized spacial score (nSPS) is 10.8. The predicted octanol–water partition coefficient (Wildman–Crippen LogP) is 3.23. The number of hydrogen-bond donors (Lipinski definition) is 0. The summed E-state index contributed by atoms with van der Waals surface area (Å²) in [4.78, 5) is 17.0. The van der Waals surface area contributed by atoms with Crippen LogP contribution < -0.4 is 15.2 Å². The molecule has 0 saturated heterocycles. The fourth-order valence-electron chi connectivity index (χ4n) is 3.34. The van der Waals surface area contributed by atoms with E-state index in [1.165, 1.54) is 9.36 Å². The summed E-state index contributed by atoms with van der Waals surface area (Å²) in [6, 6.07) is 17.2. The lowest BCUT2D eigenvalue weighted by Crippen LogP contribution is -2.23. The van der Waals surface area contributed by atoms with Crippen molar-refractivity contribution in [1.29, 1.82) is 0 Å². The fourth-order valence-corrected chi connectivity index (χ4v) is 3.34. The second-order valence-electron chi connectivity index (χ2n) is 7.22. The fraction of sp³-hybridized carbons (Fsp3) is 0.217. The van der Waals surface area contributed by atoms with Crippen LogP contribution in [0.5, 0.6) is 11.6 Å². The first-order valence-corrected chi connectivity index (χ1v) is 9.80. The van der Waals surface area contributed by atoms with Gasteiger partial charge in [-0.25, -0.2) is 9.78 Å². The average molecular weight is 417 g/mol. The summed E-state index contributed by atoms with van der Waals surface area (Å²) in [5.74, 6) is 1.23. The Balaban J connectivity index is 1.64. The highest BCUT2D eigenvalue weighted by Crippen LogP contribution is 2.30. The summed E-state index contributed by atoms with van der Waals surface area (Å²) >= 11 is 0. The van der Waals surface area contributed by atoms with Gasteiger partial charge >= 0.3 is 5.69 Å². The number of tetrazole rings is 1. The maximum Gasteiger partial charge on any atom is 0.368 e. The number of aromatic nitrogens is 5. The van der Waals surface area contributed by atoms with E-state index in [-0.39, 0.29) is 12.3 Å². The van der Waals surface area contributed by atoms with E-state index < -0.39 is 0 Å². The number of benzene rings is 2. The lowest BCUT2D eigenvalue weighted by Gasteiger charge is -2.13. The van der Waals surface area contributed by atoms with Gasteiger partial charge in [-0.2, -0.15) is 9.36 Å². The molecule has 4 rings (SSSR count). The third-order valence-electron chi connectivity index (χ3n) is 5.06. The summed E-state index contributed by atoms with van der Waals surface area (Å²) in [6.45, 7) is 4.21. The molecular weight excluding hydrogens is 394 g/mol. The van der Waals surface area contributed by atoms with E-state index in [0.717, 1.165) is 33.7 Å². The predicted molar refractivity (Wildman–Crippen MR) is 117 cm³/mol. The Morgan fingerprint density at radius 1 is 1.00 bits per heavy atom. The Hall–Kier alpha value is -3.94. The Morgan fingerprint density at radius 2 is 1.81 bits per heavy atom. The molecule has 31 heavy (non-hydrogen) atoms. The maximum atomic E-state index is 12.3. The quantitative estimate of drug-likeness (QED) is 0.479. The Morgan fingerprint density at radius 3 is 2.55 bits per heavy atom. The molecule has 0 saturated carbocycles. The molecule has 8 nitrogen and oxygen atoms in total. The number of hydrogen-bond acceptors (Lipinski definition) is 6. The van der Waals surface area contributed by atoms with Crippen LogP contribution in [-0.4, -0.2) is 31.9 Å². The number of methoxy groups -OCH3 is 1. The Labute approximate surface area is 179 Å². The van der Waals surface area contributed by atoms with E-state index >= 15 is 0 Å². The first kappa shape index (κ1) is 20.3. The van der Waals surface area contributed by atoms with E-state index in [0.29, 0.717) is 11.6 Å². The summed E-state index contributed by atoms with van der Waals surface area (Å²) in [5.41, 5.74) is 4.88. The molecule has 4 aromatic rings. The highest BCUT2D eigenvalue weighted by molar-refractivity contribution is 5.68. The van der Waals surface area contributed by atoms with E-state index in [1.54, 1.807) is 20.2 Å². The molecule has 0 aliphatic heterocycles. The summed E-state index contributed by atoms with van der Waals surface area (Å²) < 4.78 is 14.0. The van der Waals surface area contributed by atoms with Gasteiger partial charge in [0.25, 0.3) is 0 Å². The molecule has 0 fully saturated rings. The van der Waals surface area contributed by atoms with Gasteiger partial charge in [0.2, 0.25) is 5.88 Å². The van der Waals surface area contributed by atoms with Gasteiger partial charge in [0.05, 0.1) is 18.5 Å². The maximum absolute atomic E-state index is 12.3. The van der Waals surface area contributed by atoms with Crippen LogP contribution in [0.25, 0.3) is 16.9 Å². The molecule has 0 unspecified atom stereocenters. The number of pyridine rings is 1. The first-order valence-electron chi connectivity index (χ1n) is 9.80. The molecule has 0 aliphatic carbocycles. The van der Waals surface area contributed by atoms with Crippen molar-refractivity contribution in [3.63, 3.8) is 0 Å². The summed E-state index contributed by atoms with van der Waals surface area (Å²) in [5, 5.41) is 7.76. The van der Waals surface area contributed by atoms with Gasteiger partial charge in [-0.1, -0.05) is 24.3 Å². The minimum absolute atomic E-state index is 0.229. The highest BCUT2D eigenvalue weighted by atomic mass is 16.5. The molecule has 8 heteroatoms. The van der Waals surface area contributed by atoms with Crippen molar-refractivity contribution in [2.45, 2.75) is 20.5 Å². The van der Waals surface area contributed by atoms with Crippen LogP contribution in [-0.2, 0) is 13.7 Å². The van der Waals surface area contributed by atoms with Crippen LogP contribution in [0.3, 0.4) is 0 Å². The van der Waals surface area contributed by atoms with E-state index in [4.69, 9.17) is 9.47 Å². The highest BCUT2D eigenvalue weighted by Gasteiger charge is 2.14. The molecule has 2 aromatic heterocycles. The van der Waals surface area contributed by atoms with Gasteiger partial charge in [0.15, 0.2) is 0 Å². The van der Waals surface area contributed by atoms with Crippen LogP contribution in [0, 0.1) is 13.8 Å². The van der Waals surface area contributed by atoms with Crippen molar-refractivity contribution < 1.29 is 9.47 Å². The standard InChI is InChI=1S/C23H23N5O3/c1-15-11-12-17(21(13-15)30-4)19-8-6-10-22(24-19)31-14-18-16(2)7-5-9-20(18)28-23(29)27(3)25-26-28/h5-13H,14H2,1-4H3. The Kier molecular flexibility index (Phi) is 5.53. The zero-order valence-electron chi connectivity index (χ0n) is 17.9. The molecular formula is C23H23N5O3. The SMILES string of the molecule is COc1cc(C)ccc1-c1cccc(OCc2c(C)cccc2-n2nnn(C)c2=O)n1. The van der Waals surface area contributed by atoms with E-state index in [1.807, 2.05) is 62.4 Å². The van der Waals surface area contributed by atoms with Gasteiger partial charge in [-0.15, -0.1) is 0 Å². The van der Waals surface area contributed by atoms with Crippen LogP contribution in [0.1, 0.15) is 16.7 Å². The largest absolute Gasteiger partial charge is 0.496 e. The van der Waals surface area contributed by atoms with Crippen molar-refractivity contribution in [2.75, 3.05) is 7.11 Å². The molecule has 0 N–H and O–H groups in total. The van der Waals surface area contributed by atoms with E-state index in [2.05, 4.69) is 15.4 Å². The van der Waals surface area contributed by atoms with Crippen LogP contribution >= 0.6 is 0 Å². The molecule has 2 aromatic carbocycles. The second-order valence-corrected chi connectivity index (χ2v) is 7.22. The van der Waals surface area contributed by atoms with Gasteiger partial charge in [0.1, 0.15) is 12.4 Å². The van der Waals surface area contributed by atoms with Crippen LogP contribution in [0.4, 0.5) is 0 Å². The molecule has 0 bridgehead atoms. The van der Waals surface area contributed by atoms with Crippen molar-refractivity contribution in [3.8, 4) is 28.6 Å². The zero-order chi connectivity index (χ0) is 22.0. The number of aryl methyl sites for hydroxylation is 3. The van der Waals surface area contributed by atoms with Crippen molar-refractivity contribution in [1.82, 2.24) is 24.8 Å². The van der Waals surface area contributed by atoms with Gasteiger partial charge in [0, 0.05) is 24.2 Å². The Bertz CT molecular complexity index is 1290. The second kappa shape index (κ2) is 8.43. The zero-order valence-corrected chi connectivity index (χ0v) is 17.9. The van der Waals surface area contributed by atoms with Crippen molar-refractivity contribution in [3.05, 3.63) is 81.8 Å². The third-order valence-corrected chi connectivity index (χ3v) is 5.06. The molecule has 0 amide bonds. The van der Waals surface area contributed by atoms with Gasteiger partial charge in [-0.05, 0) is 59.7 Å². The summed E-state index contributed by atoms with van der Waals surface area (Å²) in [6.07, 6.45) is 0. The first-order chi connectivity index (χ1) is 15.0. The van der Waals surface area contributed by atoms with Crippen LogP contribution in [0.15, 0.2) is 59.4 Å². The van der Waals surface area contributed by atoms with Crippen molar-refractivity contribution in [2.24, 2.45) is 7.05 Å². The number of ether oxygens (including phenoxy) is 2. The molecule has 0 radical (unpaired) electrons. The average Bonchev–Trinajstić information content (AvgIpc) is 3.11. The molecule has 2 heterocycles. The monoisotopic (exact) mass is 417 g/mol.